The standard InChI is InChI=1S/C14H14ClNOS/c1-18-14-5-3-2-4-12(14)17-13-8-11(15)7-6-10(13)9-16/h2-8H,9,16H2,1H3. The summed E-state index contributed by atoms with van der Waals surface area (Å²) < 4.78 is 5.92. The molecule has 0 atom stereocenters. The summed E-state index contributed by atoms with van der Waals surface area (Å²) in [7, 11) is 0. The van der Waals surface area contributed by atoms with Crippen molar-refractivity contribution >= 4 is 23.4 Å². The van der Waals surface area contributed by atoms with Gasteiger partial charge in [0.2, 0.25) is 0 Å². The summed E-state index contributed by atoms with van der Waals surface area (Å²) in [5.41, 5.74) is 6.64. The molecule has 0 spiro atoms. The molecule has 0 heterocycles. The van der Waals surface area contributed by atoms with Crippen LogP contribution in [0, 0.1) is 0 Å². The average molecular weight is 280 g/mol. The van der Waals surface area contributed by atoms with E-state index in [9.17, 15) is 0 Å². The van der Waals surface area contributed by atoms with Crippen molar-refractivity contribution < 1.29 is 4.74 Å². The van der Waals surface area contributed by atoms with Gasteiger partial charge in [-0.1, -0.05) is 29.8 Å². The normalized spacial score (nSPS) is 10.4. The number of ether oxygens (including phenoxy) is 1. The molecule has 4 heteroatoms. The molecule has 2 N–H and O–H groups in total. The Morgan fingerprint density at radius 1 is 1.17 bits per heavy atom. The highest BCUT2D eigenvalue weighted by Crippen LogP contribution is 2.33. The quantitative estimate of drug-likeness (QED) is 0.847. The van der Waals surface area contributed by atoms with Crippen LogP contribution in [0.5, 0.6) is 11.5 Å². The molecule has 0 unspecified atom stereocenters. The summed E-state index contributed by atoms with van der Waals surface area (Å²) in [6, 6.07) is 13.4. The number of para-hydroxylation sites is 1. The summed E-state index contributed by atoms with van der Waals surface area (Å²) in [5.74, 6) is 1.54. The van der Waals surface area contributed by atoms with E-state index < -0.39 is 0 Å². The van der Waals surface area contributed by atoms with Gasteiger partial charge in [0, 0.05) is 22.0 Å². The Kier molecular flexibility index (Phi) is 4.53. The topological polar surface area (TPSA) is 35.2 Å². The SMILES string of the molecule is CSc1ccccc1Oc1cc(Cl)ccc1CN. The first-order valence-corrected chi connectivity index (χ1v) is 7.14. The van der Waals surface area contributed by atoms with Crippen LogP contribution in [-0.4, -0.2) is 6.26 Å². The lowest BCUT2D eigenvalue weighted by Crippen LogP contribution is -1.99. The Morgan fingerprint density at radius 2 is 1.94 bits per heavy atom. The lowest BCUT2D eigenvalue weighted by atomic mass is 10.2. The summed E-state index contributed by atoms with van der Waals surface area (Å²) in [5, 5.41) is 0.642. The molecule has 0 aliphatic heterocycles. The summed E-state index contributed by atoms with van der Waals surface area (Å²) in [6.07, 6.45) is 2.02. The van der Waals surface area contributed by atoms with Gasteiger partial charge < -0.3 is 10.5 Å². The molecule has 18 heavy (non-hydrogen) atoms. The maximum Gasteiger partial charge on any atom is 0.140 e. The third-order valence-electron chi connectivity index (χ3n) is 2.54. The van der Waals surface area contributed by atoms with Crippen molar-refractivity contribution in [2.24, 2.45) is 5.73 Å². The van der Waals surface area contributed by atoms with E-state index in [1.165, 1.54) is 0 Å². The minimum Gasteiger partial charge on any atom is -0.456 e. The fourth-order valence-corrected chi connectivity index (χ4v) is 2.30. The molecule has 2 rings (SSSR count). The van der Waals surface area contributed by atoms with Crippen LogP contribution in [0.1, 0.15) is 5.56 Å². The van der Waals surface area contributed by atoms with Crippen LogP contribution < -0.4 is 10.5 Å². The summed E-state index contributed by atoms with van der Waals surface area (Å²) >= 11 is 7.63. The molecule has 0 amide bonds. The molecule has 0 radical (unpaired) electrons. The molecule has 0 aliphatic carbocycles. The number of thioether (sulfide) groups is 1. The molecule has 0 fully saturated rings. The lowest BCUT2D eigenvalue weighted by Gasteiger charge is -2.12. The largest absolute Gasteiger partial charge is 0.456 e. The predicted molar refractivity (Wildman–Crippen MR) is 77.6 cm³/mol. The zero-order valence-electron chi connectivity index (χ0n) is 10.0. The number of hydrogen-bond acceptors (Lipinski definition) is 3. The minimum absolute atomic E-state index is 0.425. The molecule has 0 saturated carbocycles. The van der Waals surface area contributed by atoms with Crippen LogP contribution in [-0.2, 0) is 6.54 Å². The number of hydrogen-bond donors (Lipinski definition) is 1. The smallest absolute Gasteiger partial charge is 0.140 e. The van der Waals surface area contributed by atoms with E-state index in [4.69, 9.17) is 22.1 Å². The van der Waals surface area contributed by atoms with E-state index in [1.54, 1.807) is 17.8 Å². The van der Waals surface area contributed by atoms with Gasteiger partial charge in [-0.2, -0.15) is 0 Å². The van der Waals surface area contributed by atoms with Crippen molar-refractivity contribution in [3.8, 4) is 11.5 Å². The van der Waals surface area contributed by atoms with Crippen molar-refractivity contribution in [2.45, 2.75) is 11.4 Å². The minimum atomic E-state index is 0.425. The Morgan fingerprint density at radius 3 is 2.67 bits per heavy atom. The lowest BCUT2D eigenvalue weighted by molar-refractivity contribution is 0.465. The van der Waals surface area contributed by atoms with Crippen LogP contribution in [0.15, 0.2) is 47.4 Å². The van der Waals surface area contributed by atoms with Crippen LogP contribution in [0.2, 0.25) is 5.02 Å². The maximum absolute atomic E-state index is 5.99. The van der Waals surface area contributed by atoms with Crippen LogP contribution >= 0.6 is 23.4 Å². The van der Waals surface area contributed by atoms with Gasteiger partial charge in [-0.05, 0) is 30.5 Å². The van der Waals surface area contributed by atoms with E-state index in [1.807, 2.05) is 42.7 Å². The monoisotopic (exact) mass is 279 g/mol. The van der Waals surface area contributed by atoms with Crippen molar-refractivity contribution in [1.82, 2.24) is 0 Å². The highest BCUT2D eigenvalue weighted by atomic mass is 35.5. The van der Waals surface area contributed by atoms with E-state index in [0.717, 1.165) is 16.2 Å². The van der Waals surface area contributed by atoms with Crippen molar-refractivity contribution in [3.05, 3.63) is 53.1 Å². The molecule has 94 valence electrons. The van der Waals surface area contributed by atoms with Gasteiger partial charge in [0.1, 0.15) is 11.5 Å². The molecule has 0 saturated heterocycles. The van der Waals surface area contributed by atoms with E-state index in [-0.39, 0.29) is 0 Å². The number of benzene rings is 2. The van der Waals surface area contributed by atoms with Crippen molar-refractivity contribution in [3.63, 3.8) is 0 Å². The van der Waals surface area contributed by atoms with Crippen molar-refractivity contribution in [1.29, 1.82) is 0 Å². The molecule has 0 bridgehead atoms. The van der Waals surface area contributed by atoms with Crippen molar-refractivity contribution in [2.75, 3.05) is 6.26 Å². The molecule has 2 nitrogen and oxygen atoms in total. The second kappa shape index (κ2) is 6.14. The predicted octanol–water partition coefficient (Wildman–Crippen LogP) is 4.31. The number of rotatable bonds is 4. The fourth-order valence-electron chi connectivity index (χ4n) is 1.61. The first-order chi connectivity index (χ1) is 8.74. The first kappa shape index (κ1) is 13.3. The third kappa shape index (κ3) is 2.99. The Bertz CT molecular complexity index is 545. The summed E-state index contributed by atoms with van der Waals surface area (Å²) in [6.45, 7) is 0.425. The number of halogens is 1. The highest BCUT2D eigenvalue weighted by molar-refractivity contribution is 7.98. The second-order valence-electron chi connectivity index (χ2n) is 3.71. The molecular formula is C14H14ClNOS. The van der Waals surface area contributed by atoms with E-state index in [2.05, 4.69) is 0 Å². The molecule has 0 aliphatic rings. The van der Waals surface area contributed by atoms with E-state index >= 15 is 0 Å². The van der Waals surface area contributed by atoms with E-state index in [0.29, 0.717) is 17.3 Å². The van der Waals surface area contributed by atoms with Gasteiger partial charge in [-0.25, -0.2) is 0 Å². The summed E-state index contributed by atoms with van der Waals surface area (Å²) in [4.78, 5) is 1.08. The molecule has 2 aromatic rings. The zero-order chi connectivity index (χ0) is 13.0. The van der Waals surface area contributed by atoms with Crippen LogP contribution in [0.3, 0.4) is 0 Å². The maximum atomic E-state index is 5.99. The van der Waals surface area contributed by atoms with Gasteiger partial charge in [0.25, 0.3) is 0 Å². The molecule has 0 aromatic heterocycles. The van der Waals surface area contributed by atoms with Gasteiger partial charge in [-0.3, -0.25) is 0 Å². The third-order valence-corrected chi connectivity index (χ3v) is 3.55. The van der Waals surface area contributed by atoms with Gasteiger partial charge >= 0.3 is 0 Å². The van der Waals surface area contributed by atoms with Gasteiger partial charge in [0.05, 0.1) is 0 Å². The van der Waals surface area contributed by atoms with Crippen LogP contribution in [0.25, 0.3) is 0 Å². The zero-order valence-corrected chi connectivity index (χ0v) is 11.6. The van der Waals surface area contributed by atoms with Crippen LogP contribution in [0.4, 0.5) is 0 Å². The average Bonchev–Trinajstić information content (AvgIpc) is 2.40. The Balaban J connectivity index is 2.36. The fraction of sp³-hybridized carbons (Fsp3) is 0.143. The number of nitrogens with two attached hydrogens (primary N) is 1. The first-order valence-electron chi connectivity index (χ1n) is 5.54. The van der Waals surface area contributed by atoms with Gasteiger partial charge in [-0.15, -0.1) is 11.8 Å². The van der Waals surface area contributed by atoms with Gasteiger partial charge in [0.15, 0.2) is 0 Å². The Labute approximate surface area is 116 Å². The Hall–Kier alpha value is -1.16. The highest BCUT2D eigenvalue weighted by Gasteiger charge is 2.07. The molecular weight excluding hydrogens is 266 g/mol. The second-order valence-corrected chi connectivity index (χ2v) is 4.99. The molecule has 2 aromatic carbocycles.